The van der Waals surface area contributed by atoms with E-state index in [0.717, 1.165) is 0 Å². The summed E-state index contributed by atoms with van der Waals surface area (Å²) in [5.41, 5.74) is 5.06. The van der Waals surface area contributed by atoms with Crippen LogP contribution >= 0.6 is 0 Å². The number of benzene rings is 2. The van der Waals surface area contributed by atoms with Gasteiger partial charge in [0.2, 0.25) is 11.4 Å². The minimum absolute atomic E-state index is 0.316. The molecule has 36 heavy (non-hydrogen) atoms. The van der Waals surface area contributed by atoms with Crippen molar-refractivity contribution >= 4 is 23.6 Å². The predicted octanol–water partition coefficient (Wildman–Crippen LogP) is 2.92. The first-order chi connectivity index (χ1) is 17.3. The van der Waals surface area contributed by atoms with Gasteiger partial charge in [-0.1, -0.05) is 70.0 Å². The van der Waals surface area contributed by atoms with E-state index in [1.165, 1.54) is 18.7 Å². The van der Waals surface area contributed by atoms with E-state index in [0.29, 0.717) is 45.0 Å². The third kappa shape index (κ3) is 2.64. The van der Waals surface area contributed by atoms with E-state index in [2.05, 4.69) is 0 Å². The van der Waals surface area contributed by atoms with Crippen LogP contribution in [0.2, 0.25) is 0 Å². The molecule has 6 rings (SSSR count). The molecule has 0 atom stereocenters. The summed E-state index contributed by atoms with van der Waals surface area (Å²) in [4.78, 5) is 53.8. The maximum Gasteiger partial charge on any atom is 0.433 e. The number of carbonyl (C=O) groups excluding carboxylic acids is 4. The van der Waals surface area contributed by atoms with Crippen LogP contribution in [0.5, 0.6) is 0 Å². The topological polar surface area (TPSA) is 85.9 Å². The van der Waals surface area contributed by atoms with Crippen molar-refractivity contribution in [2.45, 2.75) is 39.5 Å². The number of hydrogen-bond donors (Lipinski definition) is 0. The van der Waals surface area contributed by atoms with Gasteiger partial charge in [-0.05, 0) is 34.3 Å². The third-order valence-corrected chi connectivity index (χ3v) is 7.46. The average molecular weight is 481 g/mol. The molecule has 2 aromatic carbocycles. The highest BCUT2D eigenvalue weighted by molar-refractivity contribution is 6.08. The summed E-state index contributed by atoms with van der Waals surface area (Å²) in [6, 6.07) is 18.0. The van der Waals surface area contributed by atoms with Crippen LogP contribution in [0.25, 0.3) is 11.1 Å². The van der Waals surface area contributed by atoms with E-state index in [-0.39, 0.29) is 23.6 Å². The van der Waals surface area contributed by atoms with E-state index in [4.69, 9.17) is 0 Å². The number of hydrogen-bond acceptors (Lipinski definition) is 4. The second kappa shape index (κ2) is 7.52. The Kier molecular flexibility index (Phi) is 4.60. The maximum absolute atomic E-state index is 13.4. The first-order valence-electron chi connectivity index (χ1n) is 11.8. The Labute approximate surface area is 207 Å². The van der Waals surface area contributed by atoms with Gasteiger partial charge in [-0.15, -0.1) is 0 Å². The van der Waals surface area contributed by atoms with Gasteiger partial charge < -0.3 is 0 Å². The van der Waals surface area contributed by atoms with Crippen molar-refractivity contribution < 1.29 is 28.5 Å². The molecule has 2 aliphatic rings. The molecule has 4 aromatic rings. The lowest BCUT2D eigenvalue weighted by Crippen LogP contribution is -2.47. The lowest BCUT2D eigenvalue weighted by atomic mass is 9.95. The maximum atomic E-state index is 13.4. The van der Waals surface area contributed by atoms with Crippen LogP contribution in [0.3, 0.4) is 0 Å². The highest BCUT2D eigenvalue weighted by atomic mass is 16.2. The van der Waals surface area contributed by atoms with E-state index in [9.17, 15) is 19.2 Å². The van der Waals surface area contributed by atoms with Crippen LogP contribution in [0.15, 0.2) is 60.7 Å². The van der Waals surface area contributed by atoms with Gasteiger partial charge in [0.25, 0.3) is 0 Å². The van der Waals surface area contributed by atoms with Crippen molar-refractivity contribution in [2.75, 3.05) is 0 Å². The Balaban J connectivity index is 1.50. The predicted molar refractivity (Wildman–Crippen MR) is 128 cm³/mol. The first kappa shape index (κ1) is 22.0. The monoisotopic (exact) mass is 480 g/mol. The molecule has 8 nitrogen and oxygen atoms in total. The molecule has 2 aromatic heterocycles. The third-order valence-electron chi connectivity index (χ3n) is 7.46. The highest BCUT2D eigenvalue weighted by Crippen LogP contribution is 2.36. The largest absolute Gasteiger partial charge is 0.433 e. The smallest absolute Gasteiger partial charge is 0.267 e. The van der Waals surface area contributed by atoms with E-state index in [1.807, 2.05) is 36.4 Å². The summed E-state index contributed by atoms with van der Waals surface area (Å²) in [5, 5.41) is 0. The molecule has 4 heterocycles. The fourth-order valence-electron chi connectivity index (χ4n) is 5.89. The van der Waals surface area contributed by atoms with Crippen molar-refractivity contribution in [3.63, 3.8) is 0 Å². The molecular formula is C28H24N4O4+2. The van der Waals surface area contributed by atoms with Crippen LogP contribution in [0, 0.1) is 27.7 Å². The van der Waals surface area contributed by atoms with Crippen LogP contribution in [-0.2, 0) is 0 Å². The normalized spacial score (nSPS) is 18.8. The fourth-order valence-corrected chi connectivity index (χ4v) is 5.89. The zero-order valence-corrected chi connectivity index (χ0v) is 20.4. The molecule has 0 N–H and O–H groups in total. The average Bonchev–Trinajstić information content (AvgIpc) is 3.48. The van der Waals surface area contributed by atoms with E-state index >= 15 is 0 Å². The van der Waals surface area contributed by atoms with Gasteiger partial charge >= 0.3 is 23.6 Å². The van der Waals surface area contributed by atoms with Crippen molar-refractivity contribution in [1.82, 2.24) is 9.36 Å². The first-order valence-corrected chi connectivity index (χ1v) is 11.8. The Morgan fingerprint density at radius 1 is 0.556 bits per heavy atom. The SMILES string of the molecule is Cc1c(-c2c(C)n3[n+](c2C)C(=O)C(c2ccccc2)C3=O)c(C)[n+]2n1C(=O)C(c1ccccc1)C2=O. The number of nitrogens with zero attached hydrogens (tertiary/aromatic N) is 4. The van der Waals surface area contributed by atoms with Crippen molar-refractivity contribution in [1.29, 1.82) is 0 Å². The zero-order chi connectivity index (χ0) is 25.5. The molecule has 0 spiro atoms. The van der Waals surface area contributed by atoms with Crippen LogP contribution in [0.1, 0.15) is 64.9 Å². The van der Waals surface area contributed by atoms with Gasteiger partial charge in [0.15, 0.2) is 11.8 Å². The van der Waals surface area contributed by atoms with Gasteiger partial charge in [-0.2, -0.15) is 0 Å². The second-order valence-corrected chi connectivity index (χ2v) is 9.38. The molecule has 0 aliphatic carbocycles. The Morgan fingerprint density at radius 3 is 1.19 bits per heavy atom. The van der Waals surface area contributed by atoms with Crippen LogP contribution in [-0.4, -0.2) is 33.0 Å². The van der Waals surface area contributed by atoms with E-state index in [1.54, 1.807) is 52.0 Å². The summed E-state index contributed by atoms with van der Waals surface area (Å²) in [7, 11) is 0. The molecule has 0 bridgehead atoms. The Morgan fingerprint density at radius 2 is 0.889 bits per heavy atom. The molecule has 0 saturated carbocycles. The summed E-state index contributed by atoms with van der Waals surface area (Å²) in [6.07, 6.45) is 0. The molecule has 0 saturated heterocycles. The summed E-state index contributed by atoms with van der Waals surface area (Å²) < 4.78 is 5.70. The Hall–Kier alpha value is -4.46. The van der Waals surface area contributed by atoms with E-state index < -0.39 is 11.8 Å². The molecule has 0 amide bonds. The van der Waals surface area contributed by atoms with Gasteiger partial charge in [0.05, 0.1) is 22.5 Å². The number of fused-ring (bicyclic) bond motifs is 2. The minimum Gasteiger partial charge on any atom is -0.267 e. The summed E-state index contributed by atoms with van der Waals surface area (Å²) >= 11 is 0. The number of aromatic nitrogens is 4. The standard InChI is InChI=1S/C28H24N4O4/c1-15-21(16(2)30-26(34)23(25(33)29(15)30)19-11-7-5-8-12-19)22-17(3)31-27(35)24(20-13-9-6-10-14-20)28(36)32(31)18(22)4/h5-14,23-24H,1-4H3/q+2. The lowest BCUT2D eigenvalue weighted by Gasteiger charge is -2.04. The fraction of sp³-hybridized carbons (Fsp3) is 0.214. The summed E-state index contributed by atoms with van der Waals surface area (Å²) in [6.45, 7) is 7.17. The number of carbonyl (C=O) groups is 4. The van der Waals surface area contributed by atoms with Crippen LogP contribution < -0.4 is 9.36 Å². The second-order valence-electron chi connectivity index (χ2n) is 9.38. The van der Waals surface area contributed by atoms with Gasteiger partial charge in [0, 0.05) is 13.8 Å². The molecule has 0 fully saturated rings. The lowest BCUT2D eigenvalue weighted by molar-refractivity contribution is -0.650. The molecule has 2 aliphatic heterocycles. The quantitative estimate of drug-likeness (QED) is 0.333. The molecule has 178 valence electrons. The highest BCUT2D eigenvalue weighted by Gasteiger charge is 2.55. The van der Waals surface area contributed by atoms with Gasteiger partial charge in [-0.3, -0.25) is 9.59 Å². The molecule has 0 radical (unpaired) electrons. The van der Waals surface area contributed by atoms with Crippen molar-refractivity contribution in [3.05, 3.63) is 94.6 Å². The minimum atomic E-state index is -0.900. The zero-order valence-electron chi connectivity index (χ0n) is 20.4. The van der Waals surface area contributed by atoms with Crippen molar-refractivity contribution in [3.8, 4) is 11.1 Å². The Bertz CT molecular complexity index is 1440. The number of rotatable bonds is 3. The van der Waals surface area contributed by atoms with Crippen LogP contribution in [0.4, 0.5) is 0 Å². The molecule has 0 unspecified atom stereocenters. The summed E-state index contributed by atoms with van der Waals surface area (Å²) in [5.74, 6) is -3.06. The van der Waals surface area contributed by atoms with Gasteiger partial charge in [0.1, 0.15) is 0 Å². The molecule has 8 heteroatoms. The molecular weight excluding hydrogens is 456 g/mol. The van der Waals surface area contributed by atoms with Crippen molar-refractivity contribution in [2.24, 2.45) is 0 Å². The van der Waals surface area contributed by atoms with Gasteiger partial charge in [-0.25, -0.2) is 9.59 Å².